The van der Waals surface area contributed by atoms with Gasteiger partial charge >= 0.3 is 0 Å². The second-order valence-corrected chi connectivity index (χ2v) is 7.95. The topological polar surface area (TPSA) is 61.4 Å². The highest BCUT2D eigenvalue weighted by atomic mass is 32.1. The maximum Gasteiger partial charge on any atom is 0.247 e. The Morgan fingerprint density at radius 2 is 2.04 bits per heavy atom. The summed E-state index contributed by atoms with van der Waals surface area (Å²) in [5, 5.41) is 4.48. The van der Waals surface area contributed by atoms with E-state index in [2.05, 4.69) is 21.4 Å². The summed E-state index contributed by atoms with van der Waals surface area (Å²) < 4.78 is 1.19. The van der Waals surface area contributed by atoms with Crippen LogP contribution in [0.2, 0.25) is 0 Å². The van der Waals surface area contributed by atoms with Crippen LogP contribution >= 0.6 is 11.3 Å². The van der Waals surface area contributed by atoms with Crippen molar-refractivity contribution in [1.82, 2.24) is 9.97 Å². The van der Waals surface area contributed by atoms with Gasteiger partial charge in [-0.15, -0.1) is 0 Å². The molecule has 5 rings (SSSR count). The Hall–Kier alpha value is -2.67. The Labute approximate surface area is 155 Å². The van der Waals surface area contributed by atoms with Gasteiger partial charge in [-0.2, -0.15) is 0 Å². The summed E-state index contributed by atoms with van der Waals surface area (Å²) in [6.07, 6.45) is 3.59. The first-order valence-corrected chi connectivity index (χ1v) is 9.61. The van der Waals surface area contributed by atoms with Crippen LogP contribution in [-0.4, -0.2) is 41.6 Å². The normalized spacial score (nSPS) is 22.3. The number of aromatic nitrogens is 2. The number of nitrogens with zero attached hydrogens (tertiary/aromatic N) is 4. The average Bonchev–Trinajstić information content (AvgIpc) is 3.02. The molecule has 0 unspecified atom stereocenters. The number of carbonyl (C=O) groups excluding carboxylic acids is 1. The lowest BCUT2D eigenvalue weighted by atomic mass is 9.85. The second kappa shape index (κ2) is 5.95. The molecule has 1 aliphatic carbocycles. The number of amides is 1. The third-order valence-corrected chi connectivity index (χ3v) is 6.11. The van der Waals surface area contributed by atoms with Crippen LogP contribution in [0.3, 0.4) is 0 Å². The molecule has 1 amide bonds. The van der Waals surface area contributed by atoms with Crippen molar-refractivity contribution in [3.63, 3.8) is 0 Å². The molecular weight excluding hydrogens is 346 g/mol. The molecule has 1 aromatic carbocycles. The van der Waals surface area contributed by atoms with Crippen molar-refractivity contribution >= 4 is 44.1 Å². The molecule has 6 nitrogen and oxygen atoms in total. The van der Waals surface area contributed by atoms with Crippen molar-refractivity contribution < 1.29 is 4.79 Å². The molecule has 2 aromatic heterocycles. The van der Waals surface area contributed by atoms with Crippen LogP contribution in [0.1, 0.15) is 12.8 Å². The van der Waals surface area contributed by atoms with E-state index in [0.29, 0.717) is 12.6 Å². The van der Waals surface area contributed by atoms with Gasteiger partial charge in [0.05, 0.1) is 22.4 Å². The largest absolute Gasteiger partial charge is 0.362 e. The monoisotopic (exact) mass is 365 g/mol. The molecule has 7 heteroatoms. The smallest absolute Gasteiger partial charge is 0.247 e. The van der Waals surface area contributed by atoms with Crippen LogP contribution in [0.5, 0.6) is 0 Å². The van der Waals surface area contributed by atoms with E-state index in [0.717, 1.165) is 35.0 Å². The molecule has 1 aliphatic heterocycles. The first-order chi connectivity index (χ1) is 12.7. The highest BCUT2D eigenvalue weighted by molar-refractivity contribution is 7.22. The summed E-state index contributed by atoms with van der Waals surface area (Å²) in [5.41, 5.74) is 2.05. The van der Waals surface area contributed by atoms with E-state index in [9.17, 15) is 4.79 Å². The van der Waals surface area contributed by atoms with Crippen LogP contribution in [0.15, 0.2) is 42.6 Å². The lowest BCUT2D eigenvalue weighted by Crippen LogP contribution is -2.56. The minimum atomic E-state index is 0.127. The van der Waals surface area contributed by atoms with Crippen molar-refractivity contribution in [2.45, 2.75) is 24.9 Å². The molecule has 132 valence electrons. The van der Waals surface area contributed by atoms with E-state index in [-0.39, 0.29) is 11.9 Å². The highest BCUT2D eigenvalue weighted by Gasteiger charge is 2.41. The molecule has 3 heterocycles. The van der Waals surface area contributed by atoms with Crippen LogP contribution in [-0.2, 0) is 4.79 Å². The third kappa shape index (κ3) is 2.50. The molecule has 3 aromatic rings. The SMILES string of the molecule is CN1CC(=O)N([C@H]2C[C@H](Nc3nc4ccccc4s3)C2)c2ncccc21. The van der Waals surface area contributed by atoms with E-state index in [1.165, 1.54) is 4.70 Å². The van der Waals surface area contributed by atoms with Gasteiger partial charge in [0.15, 0.2) is 10.9 Å². The van der Waals surface area contributed by atoms with E-state index in [4.69, 9.17) is 0 Å². The Morgan fingerprint density at radius 1 is 1.19 bits per heavy atom. The fourth-order valence-corrected chi connectivity index (χ4v) is 4.70. The van der Waals surface area contributed by atoms with Crippen molar-refractivity contribution in [3.05, 3.63) is 42.6 Å². The lowest BCUT2D eigenvalue weighted by molar-refractivity contribution is -0.118. The molecule has 26 heavy (non-hydrogen) atoms. The zero-order valence-electron chi connectivity index (χ0n) is 14.4. The van der Waals surface area contributed by atoms with Crippen molar-refractivity contribution in [1.29, 1.82) is 0 Å². The fourth-order valence-electron chi connectivity index (χ4n) is 3.76. The Morgan fingerprint density at radius 3 is 2.88 bits per heavy atom. The number of thiazole rings is 1. The molecule has 1 N–H and O–H groups in total. The highest BCUT2D eigenvalue weighted by Crippen LogP contribution is 2.38. The maximum atomic E-state index is 12.6. The predicted molar refractivity (Wildman–Crippen MR) is 105 cm³/mol. The predicted octanol–water partition coefficient (Wildman–Crippen LogP) is 3.12. The van der Waals surface area contributed by atoms with Crippen molar-refractivity contribution in [2.75, 3.05) is 28.7 Å². The third-order valence-electron chi connectivity index (χ3n) is 5.15. The first kappa shape index (κ1) is 15.6. The van der Waals surface area contributed by atoms with Crippen LogP contribution in [0.25, 0.3) is 10.2 Å². The number of rotatable bonds is 3. The van der Waals surface area contributed by atoms with Gasteiger partial charge in [-0.3, -0.25) is 9.69 Å². The summed E-state index contributed by atoms with van der Waals surface area (Å²) in [4.78, 5) is 25.6. The number of anilines is 3. The van der Waals surface area contributed by atoms with Gasteiger partial charge in [-0.25, -0.2) is 9.97 Å². The van der Waals surface area contributed by atoms with Crippen molar-refractivity contribution in [3.8, 4) is 0 Å². The molecule has 1 saturated carbocycles. The molecular formula is C19H19N5OS. The zero-order valence-corrected chi connectivity index (χ0v) is 15.2. The number of carbonyl (C=O) groups is 1. The minimum Gasteiger partial charge on any atom is -0.362 e. The fraction of sp³-hybridized carbons (Fsp3) is 0.316. The van der Waals surface area contributed by atoms with Gasteiger partial charge in [-0.05, 0) is 37.1 Å². The number of hydrogen-bond donors (Lipinski definition) is 1. The van der Waals surface area contributed by atoms with Gasteiger partial charge in [0.2, 0.25) is 5.91 Å². The molecule has 0 atom stereocenters. The van der Waals surface area contributed by atoms with Crippen LogP contribution < -0.4 is 15.1 Å². The number of para-hydroxylation sites is 1. The van der Waals surface area contributed by atoms with Gasteiger partial charge < -0.3 is 10.2 Å². The number of benzene rings is 1. The summed E-state index contributed by atoms with van der Waals surface area (Å²) in [6.45, 7) is 0.408. The number of hydrogen-bond acceptors (Lipinski definition) is 6. The molecule has 0 radical (unpaired) electrons. The number of likely N-dealkylation sites (N-methyl/N-ethyl adjacent to an activating group) is 1. The van der Waals surface area contributed by atoms with E-state index in [1.54, 1.807) is 17.5 Å². The molecule has 0 bridgehead atoms. The summed E-state index contributed by atoms with van der Waals surface area (Å²) in [6, 6.07) is 12.7. The van der Waals surface area contributed by atoms with Crippen molar-refractivity contribution in [2.24, 2.45) is 0 Å². The molecule has 0 spiro atoms. The summed E-state index contributed by atoms with van der Waals surface area (Å²) >= 11 is 1.68. The number of pyridine rings is 1. The Balaban J connectivity index is 1.30. The number of nitrogens with one attached hydrogen (secondary N) is 1. The average molecular weight is 365 g/mol. The Bertz CT molecular complexity index is 948. The Kier molecular flexibility index (Phi) is 3.56. The molecule has 1 fully saturated rings. The number of fused-ring (bicyclic) bond motifs is 2. The summed E-state index contributed by atoms with van der Waals surface area (Å²) in [7, 11) is 1.94. The quantitative estimate of drug-likeness (QED) is 0.773. The first-order valence-electron chi connectivity index (χ1n) is 8.79. The molecule has 0 saturated heterocycles. The second-order valence-electron chi connectivity index (χ2n) is 6.92. The molecule has 2 aliphatic rings. The van der Waals surface area contributed by atoms with E-state index >= 15 is 0 Å². The van der Waals surface area contributed by atoms with Gasteiger partial charge in [0.1, 0.15) is 0 Å². The minimum absolute atomic E-state index is 0.127. The summed E-state index contributed by atoms with van der Waals surface area (Å²) in [5.74, 6) is 0.914. The van der Waals surface area contributed by atoms with Crippen LogP contribution in [0, 0.1) is 0 Å². The van der Waals surface area contributed by atoms with E-state index < -0.39 is 0 Å². The van der Waals surface area contributed by atoms with Gasteiger partial charge in [0, 0.05) is 25.3 Å². The van der Waals surface area contributed by atoms with Gasteiger partial charge in [0.25, 0.3) is 0 Å². The van der Waals surface area contributed by atoms with Crippen LogP contribution in [0.4, 0.5) is 16.6 Å². The lowest BCUT2D eigenvalue weighted by Gasteiger charge is -2.45. The van der Waals surface area contributed by atoms with Gasteiger partial charge in [-0.1, -0.05) is 23.5 Å². The van der Waals surface area contributed by atoms with E-state index in [1.807, 2.05) is 47.2 Å². The standard InChI is InChI=1S/C19H19N5OS/c1-23-11-17(25)24(18-15(23)6-4-8-20-18)13-9-12(10-13)21-19-22-14-5-2-3-7-16(14)26-19/h2-8,12-13H,9-11H2,1H3,(H,21,22)/t12-,13-. The maximum absolute atomic E-state index is 12.6. The zero-order chi connectivity index (χ0) is 17.7.